The third-order valence-electron chi connectivity index (χ3n) is 11.4. The van der Waals surface area contributed by atoms with Crippen molar-refractivity contribution in [2.45, 2.75) is 13.8 Å². The number of hydrogen-bond acceptors (Lipinski definition) is 0. The van der Waals surface area contributed by atoms with Crippen LogP contribution in [0.5, 0.6) is 0 Å². The van der Waals surface area contributed by atoms with E-state index < -0.39 is 0 Å². The summed E-state index contributed by atoms with van der Waals surface area (Å²) >= 11 is 0. The summed E-state index contributed by atoms with van der Waals surface area (Å²) in [5.74, 6) is 0. The highest BCUT2D eigenvalue weighted by Gasteiger charge is 2.31. The fraction of sp³-hybridized carbons (Fsp3) is 0.0612. The number of allylic oxidation sites excluding steroid dienone is 4. The highest BCUT2D eigenvalue weighted by Crippen LogP contribution is 2.45. The molecule has 0 heteroatoms. The summed E-state index contributed by atoms with van der Waals surface area (Å²) in [5.41, 5.74) is 7.78. The first-order valence-corrected chi connectivity index (χ1v) is 17.3. The molecule has 0 fully saturated rings. The molecule has 0 amide bonds. The van der Waals surface area contributed by atoms with Crippen molar-refractivity contribution in [1.82, 2.24) is 0 Å². The van der Waals surface area contributed by atoms with E-state index >= 15 is 0 Å². The van der Waals surface area contributed by atoms with Gasteiger partial charge >= 0.3 is 0 Å². The molecule has 2 aliphatic carbocycles. The van der Waals surface area contributed by atoms with Gasteiger partial charge in [0.05, 0.1) is 0 Å². The largest absolute Gasteiger partial charge is 0.0738 e. The molecule has 9 aromatic rings. The van der Waals surface area contributed by atoms with Crippen molar-refractivity contribution in [3.05, 3.63) is 173 Å². The van der Waals surface area contributed by atoms with Crippen LogP contribution >= 0.6 is 0 Å². The lowest BCUT2D eigenvalue weighted by Crippen LogP contribution is -2.28. The molecule has 9 aromatic carbocycles. The fourth-order valence-corrected chi connectivity index (χ4v) is 9.12. The van der Waals surface area contributed by atoms with Gasteiger partial charge in [-0.05, 0) is 127 Å². The Bertz CT molecular complexity index is 3080. The van der Waals surface area contributed by atoms with E-state index in [1.807, 2.05) is 0 Å². The van der Waals surface area contributed by atoms with E-state index in [1.165, 1.54) is 108 Å². The van der Waals surface area contributed by atoms with Gasteiger partial charge in [0.1, 0.15) is 0 Å². The number of benzene rings is 9. The predicted molar refractivity (Wildman–Crippen MR) is 212 cm³/mol. The summed E-state index contributed by atoms with van der Waals surface area (Å²) in [5, 5.41) is 18.6. The molecular weight excluding hydrogens is 589 g/mol. The summed E-state index contributed by atoms with van der Waals surface area (Å²) in [6, 6.07) is 52.3. The predicted octanol–water partition coefficient (Wildman–Crippen LogP) is 11.7. The second-order valence-corrected chi connectivity index (χ2v) is 14.5. The Balaban J connectivity index is 1.11. The van der Waals surface area contributed by atoms with Crippen LogP contribution in [0, 0.1) is 5.41 Å². The van der Waals surface area contributed by atoms with Gasteiger partial charge in [0.2, 0.25) is 0 Å². The van der Waals surface area contributed by atoms with Gasteiger partial charge in [-0.15, -0.1) is 0 Å². The molecule has 0 bridgehead atoms. The Morgan fingerprint density at radius 2 is 1.00 bits per heavy atom. The fourth-order valence-electron chi connectivity index (χ4n) is 9.12. The van der Waals surface area contributed by atoms with Crippen LogP contribution in [-0.4, -0.2) is 0 Å². The van der Waals surface area contributed by atoms with Gasteiger partial charge in [-0.1, -0.05) is 153 Å². The zero-order valence-corrected chi connectivity index (χ0v) is 27.5. The standard InChI is InChI=1S/C49H32/c1-49(2)25-24-36(30-16-14-29(15-17-30)35-22-20-33-19-18-31-8-7-9-32-21-23-41(35)47(33)46(31)32)45-27-34-26-43-39-12-5-3-10-37(39)38-11-4-6-13-40(38)44(43)28-42(34)48(45)49/h3-28H,1-2H3. The zero-order valence-electron chi connectivity index (χ0n) is 27.5. The molecule has 228 valence electrons. The molecule has 0 saturated heterocycles. The normalized spacial score (nSPS) is 15.3. The molecule has 0 spiro atoms. The van der Waals surface area contributed by atoms with Crippen molar-refractivity contribution in [2.75, 3.05) is 0 Å². The van der Waals surface area contributed by atoms with Gasteiger partial charge < -0.3 is 0 Å². The maximum atomic E-state index is 2.48. The smallest absolute Gasteiger partial charge is 0.00909 e. The minimum absolute atomic E-state index is 0.0808. The van der Waals surface area contributed by atoms with Gasteiger partial charge in [-0.2, -0.15) is 0 Å². The molecule has 0 N–H and O–H groups in total. The highest BCUT2D eigenvalue weighted by atomic mass is 14.3. The first-order chi connectivity index (χ1) is 24.0. The quantitative estimate of drug-likeness (QED) is 0.169. The van der Waals surface area contributed by atoms with Crippen LogP contribution < -0.4 is 10.4 Å². The Hall–Kier alpha value is -5.98. The molecule has 49 heavy (non-hydrogen) atoms. The van der Waals surface area contributed by atoms with Crippen molar-refractivity contribution in [3.8, 4) is 11.1 Å². The molecule has 0 nitrogen and oxygen atoms in total. The van der Waals surface area contributed by atoms with Crippen LogP contribution in [0.2, 0.25) is 0 Å². The third kappa shape index (κ3) is 3.69. The molecule has 0 radical (unpaired) electrons. The summed E-state index contributed by atoms with van der Waals surface area (Å²) < 4.78 is 0. The monoisotopic (exact) mass is 620 g/mol. The van der Waals surface area contributed by atoms with Crippen molar-refractivity contribution >= 4 is 81.9 Å². The Labute approximate surface area is 284 Å². The van der Waals surface area contributed by atoms with Crippen molar-refractivity contribution in [2.24, 2.45) is 5.41 Å². The average Bonchev–Trinajstić information content (AvgIpc) is 3.53. The van der Waals surface area contributed by atoms with Crippen LogP contribution in [0.4, 0.5) is 0 Å². The third-order valence-corrected chi connectivity index (χ3v) is 11.4. The summed E-state index contributed by atoms with van der Waals surface area (Å²) in [4.78, 5) is 0. The van der Waals surface area contributed by atoms with E-state index in [1.54, 1.807) is 0 Å². The second kappa shape index (κ2) is 9.56. The number of hydrogen-bond donors (Lipinski definition) is 0. The SMILES string of the molecule is CC1(C)C=CC(c2ccc(-c3ccc4ccc5cccc6ccc3c4c56)cc2)=C2C=c3cc4c5ccccc5c5ccccc5c4cc3=C21. The lowest BCUT2D eigenvalue weighted by atomic mass is 9.74. The van der Waals surface area contributed by atoms with Crippen molar-refractivity contribution in [1.29, 1.82) is 0 Å². The molecule has 11 rings (SSSR count). The van der Waals surface area contributed by atoms with E-state index in [0.717, 1.165) is 0 Å². The van der Waals surface area contributed by atoms with Crippen LogP contribution in [0.1, 0.15) is 19.4 Å². The van der Waals surface area contributed by atoms with Crippen LogP contribution in [0.15, 0.2) is 157 Å². The summed E-state index contributed by atoms with van der Waals surface area (Å²) in [6.07, 6.45) is 7.21. The van der Waals surface area contributed by atoms with Crippen molar-refractivity contribution < 1.29 is 0 Å². The maximum Gasteiger partial charge on any atom is 0.00909 e. The highest BCUT2D eigenvalue weighted by molar-refractivity contribution is 6.26. The van der Waals surface area contributed by atoms with Crippen molar-refractivity contribution in [3.63, 3.8) is 0 Å². The van der Waals surface area contributed by atoms with E-state index in [9.17, 15) is 0 Å². The van der Waals surface area contributed by atoms with Gasteiger partial charge in [-0.3, -0.25) is 0 Å². The summed E-state index contributed by atoms with van der Waals surface area (Å²) in [6.45, 7) is 4.72. The molecule has 0 heterocycles. The maximum absolute atomic E-state index is 2.48. The molecule has 0 saturated carbocycles. The Morgan fingerprint density at radius 3 is 1.69 bits per heavy atom. The van der Waals surface area contributed by atoms with Gasteiger partial charge in [0, 0.05) is 5.41 Å². The first-order valence-electron chi connectivity index (χ1n) is 17.3. The molecular formula is C49H32. The molecule has 0 aliphatic heterocycles. The minimum Gasteiger partial charge on any atom is -0.0738 e. The molecule has 0 atom stereocenters. The number of rotatable bonds is 2. The average molecular weight is 621 g/mol. The Morgan fingerprint density at radius 1 is 0.429 bits per heavy atom. The Kier molecular flexibility index (Phi) is 5.27. The molecule has 0 aromatic heterocycles. The van der Waals surface area contributed by atoms with Crippen LogP contribution in [0.25, 0.3) is 93.0 Å². The second-order valence-electron chi connectivity index (χ2n) is 14.5. The van der Waals surface area contributed by atoms with Gasteiger partial charge in [0.15, 0.2) is 0 Å². The molecule has 0 unspecified atom stereocenters. The van der Waals surface area contributed by atoms with Crippen LogP contribution in [-0.2, 0) is 0 Å². The van der Waals surface area contributed by atoms with E-state index in [0.29, 0.717) is 0 Å². The number of fused-ring (bicyclic) bond motifs is 8. The zero-order chi connectivity index (χ0) is 32.4. The van der Waals surface area contributed by atoms with Crippen LogP contribution in [0.3, 0.4) is 0 Å². The first kappa shape index (κ1) is 27.0. The summed E-state index contributed by atoms with van der Waals surface area (Å²) in [7, 11) is 0. The van der Waals surface area contributed by atoms with E-state index in [4.69, 9.17) is 0 Å². The van der Waals surface area contributed by atoms with Gasteiger partial charge in [0.25, 0.3) is 0 Å². The van der Waals surface area contributed by atoms with Gasteiger partial charge in [-0.25, -0.2) is 0 Å². The lowest BCUT2D eigenvalue weighted by molar-refractivity contribution is 0.645. The molecule has 2 aliphatic rings. The van der Waals surface area contributed by atoms with E-state index in [-0.39, 0.29) is 5.41 Å². The minimum atomic E-state index is -0.0808. The topological polar surface area (TPSA) is 0 Å². The lowest BCUT2D eigenvalue weighted by Gasteiger charge is -2.30. The van der Waals surface area contributed by atoms with E-state index in [2.05, 4.69) is 172 Å².